The summed E-state index contributed by atoms with van der Waals surface area (Å²) in [6.07, 6.45) is 0.809. The maximum absolute atomic E-state index is 5.94. The highest BCUT2D eigenvalue weighted by atomic mass is 16.7. The van der Waals surface area contributed by atoms with E-state index in [9.17, 15) is 0 Å². The SMILES string of the molecule is COc1ccc(CN=C(N)NCCc2ccc3c(c2)OCO3)cc1OC. The highest BCUT2D eigenvalue weighted by Gasteiger charge is 2.12. The molecule has 3 rings (SSSR count). The van der Waals surface area contributed by atoms with E-state index in [-0.39, 0.29) is 6.79 Å². The summed E-state index contributed by atoms with van der Waals surface area (Å²) >= 11 is 0. The second kappa shape index (κ2) is 8.33. The minimum Gasteiger partial charge on any atom is -0.493 e. The molecule has 138 valence electrons. The molecule has 2 aromatic rings. The van der Waals surface area contributed by atoms with Gasteiger partial charge in [0.15, 0.2) is 29.0 Å². The first-order chi connectivity index (χ1) is 12.7. The number of fused-ring (bicyclic) bond motifs is 1. The van der Waals surface area contributed by atoms with Gasteiger partial charge in [-0.2, -0.15) is 0 Å². The van der Waals surface area contributed by atoms with Gasteiger partial charge in [0.1, 0.15) is 0 Å². The monoisotopic (exact) mass is 357 g/mol. The van der Waals surface area contributed by atoms with Crippen molar-refractivity contribution in [2.24, 2.45) is 10.7 Å². The van der Waals surface area contributed by atoms with Crippen molar-refractivity contribution in [3.05, 3.63) is 47.5 Å². The van der Waals surface area contributed by atoms with Crippen molar-refractivity contribution < 1.29 is 18.9 Å². The van der Waals surface area contributed by atoms with Crippen LogP contribution in [-0.4, -0.2) is 33.5 Å². The van der Waals surface area contributed by atoms with Crippen molar-refractivity contribution in [1.29, 1.82) is 0 Å². The summed E-state index contributed by atoms with van der Waals surface area (Å²) in [5, 5.41) is 3.12. The van der Waals surface area contributed by atoms with Crippen LogP contribution < -0.4 is 30.0 Å². The van der Waals surface area contributed by atoms with Crippen LogP contribution in [0.3, 0.4) is 0 Å². The first-order valence-electron chi connectivity index (χ1n) is 8.33. The van der Waals surface area contributed by atoms with Gasteiger partial charge in [0.05, 0.1) is 20.8 Å². The molecule has 0 saturated heterocycles. The van der Waals surface area contributed by atoms with Gasteiger partial charge >= 0.3 is 0 Å². The minimum atomic E-state index is 0.285. The van der Waals surface area contributed by atoms with Crippen molar-refractivity contribution >= 4 is 5.96 Å². The van der Waals surface area contributed by atoms with Crippen LogP contribution in [0.4, 0.5) is 0 Å². The Morgan fingerprint density at radius 3 is 2.62 bits per heavy atom. The predicted octanol–water partition coefficient (Wildman–Crippen LogP) is 2.08. The van der Waals surface area contributed by atoms with Crippen LogP contribution in [0.15, 0.2) is 41.4 Å². The lowest BCUT2D eigenvalue weighted by Crippen LogP contribution is -2.33. The highest BCUT2D eigenvalue weighted by molar-refractivity contribution is 5.77. The number of nitrogens with one attached hydrogen (secondary N) is 1. The number of methoxy groups -OCH3 is 2. The third kappa shape index (κ3) is 4.30. The number of benzene rings is 2. The smallest absolute Gasteiger partial charge is 0.231 e. The summed E-state index contributed by atoms with van der Waals surface area (Å²) in [7, 11) is 3.22. The normalized spacial score (nSPS) is 12.8. The molecule has 0 bridgehead atoms. The van der Waals surface area contributed by atoms with Gasteiger partial charge in [0, 0.05) is 6.54 Å². The van der Waals surface area contributed by atoms with E-state index >= 15 is 0 Å². The molecule has 0 saturated carbocycles. The summed E-state index contributed by atoms with van der Waals surface area (Å²) in [6.45, 7) is 1.43. The van der Waals surface area contributed by atoms with Crippen LogP contribution in [0.1, 0.15) is 11.1 Å². The maximum atomic E-state index is 5.94. The Balaban J connectivity index is 1.49. The Kier molecular flexibility index (Phi) is 5.68. The first-order valence-corrected chi connectivity index (χ1v) is 8.33. The lowest BCUT2D eigenvalue weighted by Gasteiger charge is -2.09. The second-order valence-electron chi connectivity index (χ2n) is 5.76. The predicted molar refractivity (Wildman–Crippen MR) is 99.1 cm³/mol. The molecule has 7 nitrogen and oxygen atoms in total. The molecule has 1 aliphatic heterocycles. The molecule has 2 aromatic carbocycles. The van der Waals surface area contributed by atoms with Crippen molar-refractivity contribution in [2.45, 2.75) is 13.0 Å². The fourth-order valence-electron chi connectivity index (χ4n) is 2.64. The van der Waals surface area contributed by atoms with Crippen molar-refractivity contribution in [3.8, 4) is 23.0 Å². The quantitative estimate of drug-likeness (QED) is 0.583. The van der Waals surface area contributed by atoms with E-state index in [1.807, 2.05) is 36.4 Å². The molecule has 1 aliphatic rings. The van der Waals surface area contributed by atoms with Gasteiger partial charge in [0.2, 0.25) is 6.79 Å². The third-order valence-electron chi connectivity index (χ3n) is 4.04. The zero-order valence-electron chi connectivity index (χ0n) is 15.0. The van der Waals surface area contributed by atoms with Crippen molar-refractivity contribution in [1.82, 2.24) is 5.32 Å². The Bertz CT molecular complexity index is 792. The molecule has 0 spiro atoms. The molecule has 3 N–H and O–H groups in total. The lowest BCUT2D eigenvalue weighted by molar-refractivity contribution is 0.174. The first kappa shape index (κ1) is 17.7. The molecule has 0 aromatic heterocycles. The number of guanidine groups is 1. The number of rotatable bonds is 7. The highest BCUT2D eigenvalue weighted by Crippen LogP contribution is 2.32. The van der Waals surface area contributed by atoms with Crippen LogP contribution in [0.25, 0.3) is 0 Å². The number of hydrogen-bond donors (Lipinski definition) is 2. The van der Waals surface area contributed by atoms with Gasteiger partial charge in [-0.05, 0) is 41.8 Å². The fourth-order valence-corrected chi connectivity index (χ4v) is 2.64. The van der Waals surface area contributed by atoms with Gasteiger partial charge in [-0.3, -0.25) is 0 Å². The average molecular weight is 357 g/mol. The van der Waals surface area contributed by atoms with Crippen molar-refractivity contribution in [3.63, 3.8) is 0 Å². The van der Waals surface area contributed by atoms with Gasteiger partial charge in [-0.1, -0.05) is 12.1 Å². The zero-order chi connectivity index (χ0) is 18.4. The van der Waals surface area contributed by atoms with Gasteiger partial charge in [-0.15, -0.1) is 0 Å². The molecular weight excluding hydrogens is 334 g/mol. The average Bonchev–Trinajstić information content (AvgIpc) is 3.14. The molecule has 0 fully saturated rings. The van der Waals surface area contributed by atoms with Crippen LogP contribution in [-0.2, 0) is 13.0 Å². The Morgan fingerprint density at radius 1 is 1.04 bits per heavy atom. The number of hydrogen-bond acceptors (Lipinski definition) is 5. The Labute approximate surface area is 152 Å². The van der Waals surface area contributed by atoms with E-state index in [0.717, 1.165) is 29.0 Å². The molecule has 0 radical (unpaired) electrons. The molecular formula is C19H23N3O4. The minimum absolute atomic E-state index is 0.285. The van der Waals surface area contributed by atoms with Crippen LogP contribution in [0.2, 0.25) is 0 Å². The van der Waals surface area contributed by atoms with Crippen LogP contribution in [0.5, 0.6) is 23.0 Å². The number of nitrogens with two attached hydrogens (primary N) is 1. The Hall–Kier alpha value is -3.09. The van der Waals surface area contributed by atoms with E-state index in [1.54, 1.807) is 14.2 Å². The van der Waals surface area contributed by atoms with Crippen LogP contribution >= 0.6 is 0 Å². The number of ether oxygens (including phenoxy) is 4. The summed E-state index contributed by atoms with van der Waals surface area (Å²) in [5.74, 6) is 3.35. The molecule has 0 aliphatic carbocycles. The molecule has 26 heavy (non-hydrogen) atoms. The zero-order valence-corrected chi connectivity index (χ0v) is 15.0. The van der Waals surface area contributed by atoms with E-state index in [2.05, 4.69) is 10.3 Å². The van der Waals surface area contributed by atoms with E-state index < -0.39 is 0 Å². The maximum Gasteiger partial charge on any atom is 0.231 e. The van der Waals surface area contributed by atoms with Crippen LogP contribution in [0, 0.1) is 0 Å². The van der Waals surface area contributed by atoms with E-state index in [0.29, 0.717) is 30.5 Å². The number of aliphatic imine (C=N–C) groups is 1. The van der Waals surface area contributed by atoms with Gasteiger partial charge in [-0.25, -0.2) is 4.99 Å². The molecule has 7 heteroatoms. The summed E-state index contributed by atoms with van der Waals surface area (Å²) in [4.78, 5) is 4.36. The fraction of sp³-hybridized carbons (Fsp3) is 0.316. The standard InChI is InChI=1S/C19H23N3O4/c1-23-15-5-4-14(10-17(15)24-2)11-22-19(20)21-8-7-13-3-6-16-18(9-13)26-12-25-16/h3-6,9-10H,7-8,11-12H2,1-2H3,(H3,20,21,22). The number of nitrogens with zero attached hydrogens (tertiary/aromatic N) is 1. The lowest BCUT2D eigenvalue weighted by atomic mass is 10.1. The van der Waals surface area contributed by atoms with Gasteiger partial charge < -0.3 is 30.0 Å². The Morgan fingerprint density at radius 2 is 1.81 bits per heavy atom. The van der Waals surface area contributed by atoms with Gasteiger partial charge in [0.25, 0.3) is 0 Å². The van der Waals surface area contributed by atoms with Crippen molar-refractivity contribution in [2.75, 3.05) is 27.6 Å². The topological polar surface area (TPSA) is 87.3 Å². The summed E-state index contributed by atoms with van der Waals surface area (Å²) < 4.78 is 21.2. The molecule has 0 amide bonds. The summed E-state index contributed by atoms with van der Waals surface area (Å²) in [5.41, 5.74) is 8.08. The van der Waals surface area contributed by atoms with E-state index in [4.69, 9.17) is 24.7 Å². The van der Waals surface area contributed by atoms with E-state index in [1.165, 1.54) is 0 Å². The molecule has 0 unspecified atom stereocenters. The second-order valence-corrected chi connectivity index (χ2v) is 5.76. The molecule has 0 atom stereocenters. The largest absolute Gasteiger partial charge is 0.493 e. The summed E-state index contributed by atoms with van der Waals surface area (Å²) in [6, 6.07) is 11.6. The molecule has 1 heterocycles. The third-order valence-corrected chi connectivity index (χ3v) is 4.04.